The minimum atomic E-state index is -1.59. The topological polar surface area (TPSA) is 299 Å². The number of carbonyl (C=O) groups excluding carboxylic acids is 6. The molecule has 37 heavy (non-hydrogen) atoms. The Morgan fingerprint density at radius 2 is 0.946 bits per heavy atom. The van der Waals surface area contributed by atoms with Gasteiger partial charge in [0.05, 0.1) is 45.5 Å². The molecule has 0 saturated heterocycles. The second-order valence-electron chi connectivity index (χ2n) is 7.19. The lowest BCUT2D eigenvalue weighted by Crippen LogP contribution is -2.55. The Bertz CT molecular complexity index is 845. The van der Waals surface area contributed by atoms with Crippen molar-refractivity contribution >= 4 is 54.0 Å². The molecule has 0 unspecified atom stereocenters. The Hall–Kier alpha value is -3.52. The molecule has 0 aromatic rings. The first-order valence-corrected chi connectivity index (χ1v) is 11.2. The maximum atomic E-state index is 12.1. The van der Waals surface area contributed by atoms with E-state index in [0.29, 0.717) is 0 Å². The molecule has 18 nitrogen and oxygen atoms in total. The molecule has 0 aliphatic carbocycles. The molecule has 0 saturated carbocycles. The molecule has 0 spiro atoms. The van der Waals surface area contributed by atoms with Crippen LogP contribution < -0.4 is 37.6 Å². The molecule has 0 rings (SSSR count). The van der Waals surface area contributed by atoms with Gasteiger partial charge in [-0.1, -0.05) is 0 Å². The number of nitrogens with two attached hydrogens (primary N) is 1. The zero-order valence-electron chi connectivity index (χ0n) is 19.4. The van der Waals surface area contributed by atoms with Crippen molar-refractivity contribution in [2.24, 2.45) is 5.73 Å². The fraction of sp³-hybridized carbons (Fsp3) is 0.611. The predicted octanol–water partition coefficient (Wildman–Crippen LogP) is -7.89. The highest BCUT2D eigenvalue weighted by Crippen LogP contribution is 1.88. The molecule has 0 heterocycles. The largest absolute Gasteiger partial charge is 0.480 e. The molecule has 4 atom stereocenters. The van der Waals surface area contributed by atoms with E-state index in [1.165, 1.54) is 0 Å². The van der Waals surface area contributed by atoms with Crippen LogP contribution in [0.15, 0.2) is 0 Å². The Kier molecular flexibility index (Phi) is 16.1. The second-order valence-corrected chi connectivity index (χ2v) is 7.55. The van der Waals surface area contributed by atoms with Crippen molar-refractivity contribution in [1.29, 1.82) is 0 Å². The predicted molar refractivity (Wildman–Crippen MR) is 126 cm³/mol. The number of aliphatic carboxylic acids is 1. The number of carboxylic acid groups (broad SMARTS) is 1. The van der Waals surface area contributed by atoms with Crippen LogP contribution in [0.5, 0.6) is 0 Å². The van der Waals surface area contributed by atoms with Crippen molar-refractivity contribution in [3.05, 3.63) is 0 Å². The number of hydrogen-bond acceptors (Lipinski definition) is 12. The second kappa shape index (κ2) is 17.8. The molecule has 210 valence electrons. The summed E-state index contributed by atoms with van der Waals surface area (Å²) >= 11 is 3.83. The zero-order valence-corrected chi connectivity index (χ0v) is 20.3. The Morgan fingerprint density at radius 1 is 0.622 bits per heavy atom. The van der Waals surface area contributed by atoms with E-state index >= 15 is 0 Å². The highest BCUT2D eigenvalue weighted by Gasteiger charge is 2.24. The highest BCUT2D eigenvalue weighted by molar-refractivity contribution is 7.80. The maximum Gasteiger partial charge on any atom is 0.328 e. The van der Waals surface area contributed by atoms with Crippen LogP contribution in [0, 0.1) is 0 Å². The summed E-state index contributed by atoms with van der Waals surface area (Å²) < 4.78 is 0. The van der Waals surface area contributed by atoms with Crippen LogP contribution in [0.25, 0.3) is 0 Å². The number of thiol groups is 1. The third-order valence-electron chi connectivity index (χ3n) is 4.29. The maximum absolute atomic E-state index is 12.1. The minimum absolute atomic E-state index is 0.0309. The summed E-state index contributed by atoms with van der Waals surface area (Å²) in [6.07, 6.45) is 0. The molecule has 0 aromatic heterocycles. The van der Waals surface area contributed by atoms with Gasteiger partial charge in [-0.05, 0) is 0 Å². The quantitative estimate of drug-likeness (QED) is 0.0748. The lowest BCUT2D eigenvalue weighted by atomic mass is 10.2. The Balaban J connectivity index is 4.60. The van der Waals surface area contributed by atoms with Gasteiger partial charge < -0.3 is 58.1 Å². The van der Waals surface area contributed by atoms with Crippen molar-refractivity contribution < 1.29 is 54.0 Å². The first-order chi connectivity index (χ1) is 17.4. The van der Waals surface area contributed by atoms with Gasteiger partial charge in [0.1, 0.15) is 18.1 Å². The van der Waals surface area contributed by atoms with Crippen LogP contribution in [0.4, 0.5) is 0 Å². The first kappa shape index (κ1) is 33.5. The van der Waals surface area contributed by atoms with E-state index in [4.69, 9.17) is 15.9 Å². The van der Waals surface area contributed by atoms with E-state index in [-0.39, 0.29) is 5.75 Å². The molecular formula is C18H31N7O11S. The lowest BCUT2D eigenvalue weighted by molar-refractivity contribution is -0.142. The summed E-state index contributed by atoms with van der Waals surface area (Å²) in [5.74, 6) is -6.91. The van der Waals surface area contributed by atoms with Crippen molar-refractivity contribution in [3.63, 3.8) is 0 Å². The number of amides is 6. The lowest BCUT2D eigenvalue weighted by Gasteiger charge is -2.19. The SMILES string of the molecule is N[C@@H](CS)C(=O)NCC(=O)N[C@@H](CO)C(=O)NCC(=O)N[C@@H](CO)C(=O)NCC(=O)N[C@@H](CO)C(=O)O. The molecule has 0 fully saturated rings. The van der Waals surface area contributed by atoms with Crippen LogP contribution in [-0.4, -0.2) is 131 Å². The summed E-state index contributed by atoms with van der Waals surface area (Å²) in [6, 6.07) is -5.58. The number of carbonyl (C=O) groups is 7. The zero-order chi connectivity index (χ0) is 28.5. The van der Waals surface area contributed by atoms with E-state index in [0.717, 1.165) is 0 Å². The molecule has 0 aromatic carbocycles. The Morgan fingerprint density at radius 3 is 1.24 bits per heavy atom. The summed E-state index contributed by atoms with van der Waals surface area (Å²) in [6.45, 7) is -4.67. The fourth-order valence-corrected chi connectivity index (χ4v) is 2.44. The van der Waals surface area contributed by atoms with Gasteiger partial charge in [0.15, 0.2) is 0 Å². The van der Waals surface area contributed by atoms with Gasteiger partial charge in [-0.25, -0.2) is 4.79 Å². The summed E-state index contributed by atoms with van der Waals surface area (Å²) in [4.78, 5) is 82.0. The van der Waals surface area contributed by atoms with Gasteiger partial charge in [-0.3, -0.25) is 28.8 Å². The standard InChI is InChI=1S/C18H31N7O11S/c19-8(7-37)15(32)20-1-12(29)23-9(4-26)16(33)21-2-13(30)24-10(5-27)17(34)22-3-14(31)25-11(6-28)18(35)36/h8-11,26-28,37H,1-7,19H2,(H,20,32)(H,21,33)(H,22,34)(H,23,29)(H,24,30)(H,25,31)(H,35,36)/t8-,9-,10-,11-/m0/s1. The molecule has 0 aliphatic rings. The monoisotopic (exact) mass is 553 g/mol. The highest BCUT2D eigenvalue weighted by atomic mass is 32.1. The number of nitrogens with one attached hydrogen (secondary N) is 6. The van der Waals surface area contributed by atoms with Gasteiger partial charge in [0.2, 0.25) is 35.4 Å². The first-order valence-electron chi connectivity index (χ1n) is 10.5. The van der Waals surface area contributed by atoms with Crippen molar-refractivity contribution in [3.8, 4) is 0 Å². The number of aliphatic hydroxyl groups is 3. The summed E-state index contributed by atoms with van der Waals surface area (Å²) in [7, 11) is 0. The smallest absolute Gasteiger partial charge is 0.328 e. The molecular weight excluding hydrogens is 522 g/mol. The molecule has 12 N–H and O–H groups in total. The molecule has 0 bridgehead atoms. The van der Waals surface area contributed by atoms with Crippen LogP contribution in [0.3, 0.4) is 0 Å². The van der Waals surface area contributed by atoms with Crippen molar-refractivity contribution in [2.45, 2.75) is 24.2 Å². The van der Waals surface area contributed by atoms with Gasteiger partial charge in [-0.15, -0.1) is 0 Å². The van der Waals surface area contributed by atoms with E-state index in [1.54, 1.807) is 0 Å². The Labute approximate surface area is 215 Å². The number of aliphatic hydroxyl groups excluding tert-OH is 3. The molecule has 0 aliphatic heterocycles. The molecule has 0 radical (unpaired) electrons. The molecule has 19 heteroatoms. The van der Waals surface area contributed by atoms with Gasteiger partial charge >= 0.3 is 5.97 Å². The normalized spacial score (nSPS) is 13.6. The van der Waals surface area contributed by atoms with Gasteiger partial charge in [0, 0.05) is 5.75 Å². The van der Waals surface area contributed by atoms with Crippen LogP contribution in [0.1, 0.15) is 0 Å². The van der Waals surface area contributed by atoms with Crippen molar-refractivity contribution in [1.82, 2.24) is 31.9 Å². The van der Waals surface area contributed by atoms with Gasteiger partial charge in [0.25, 0.3) is 0 Å². The minimum Gasteiger partial charge on any atom is -0.480 e. The van der Waals surface area contributed by atoms with Crippen LogP contribution >= 0.6 is 12.6 Å². The fourth-order valence-electron chi connectivity index (χ4n) is 2.27. The van der Waals surface area contributed by atoms with Crippen LogP contribution in [-0.2, 0) is 33.6 Å². The molecule has 6 amide bonds. The van der Waals surface area contributed by atoms with E-state index in [9.17, 15) is 43.8 Å². The average Bonchev–Trinajstić information content (AvgIpc) is 2.88. The van der Waals surface area contributed by atoms with Crippen LogP contribution in [0.2, 0.25) is 0 Å². The van der Waals surface area contributed by atoms with Gasteiger partial charge in [-0.2, -0.15) is 12.6 Å². The summed E-state index contributed by atoms with van der Waals surface area (Å²) in [5, 5.41) is 48.7. The van der Waals surface area contributed by atoms with E-state index < -0.39 is 105 Å². The third kappa shape index (κ3) is 13.4. The van der Waals surface area contributed by atoms with Crippen molar-refractivity contribution in [2.75, 3.05) is 45.2 Å². The average molecular weight is 554 g/mol. The third-order valence-corrected chi connectivity index (χ3v) is 4.68. The van der Waals surface area contributed by atoms with E-state index in [1.807, 2.05) is 10.6 Å². The number of hydrogen-bond donors (Lipinski definition) is 12. The van der Waals surface area contributed by atoms with E-state index in [2.05, 4.69) is 33.9 Å². The number of carboxylic acids is 1. The number of rotatable bonds is 17. The summed E-state index contributed by atoms with van der Waals surface area (Å²) in [5.41, 5.74) is 5.42.